The van der Waals surface area contributed by atoms with Crippen molar-refractivity contribution in [2.45, 2.75) is 0 Å². The molecule has 7 heteroatoms. The van der Waals surface area contributed by atoms with Crippen molar-refractivity contribution in [2.24, 2.45) is 0 Å². The van der Waals surface area contributed by atoms with Gasteiger partial charge in [0.2, 0.25) is 0 Å². The zero-order valence-corrected chi connectivity index (χ0v) is 10.3. The Kier molecular flexibility index (Phi) is 3.66. The summed E-state index contributed by atoms with van der Waals surface area (Å²) in [5.41, 5.74) is 0. The van der Waals surface area contributed by atoms with Crippen LogP contribution in [0.5, 0.6) is 0 Å². The first-order valence-electron chi connectivity index (χ1n) is 2.39. The summed E-state index contributed by atoms with van der Waals surface area (Å²) in [6.07, 6.45) is 1.07. The van der Waals surface area contributed by atoms with Crippen molar-refractivity contribution >= 4 is 50.3 Å². The average molecular weight is 371 g/mol. The Labute approximate surface area is 84.4 Å². The maximum atomic E-state index is 12.8. The van der Waals surface area contributed by atoms with Gasteiger partial charge in [-0.1, -0.05) is 0 Å². The van der Waals surface area contributed by atoms with E-state index in [2.05, 4.69) is 22.7 Å². The van der Waals surface area contributed by atoms with E-state index in [4.69, 9.17) is 21.1 Å². The van der Waals surface area contributed by atoms with Crippen LogP contribution >= 0.6 is 50.3 Å². The van der Waals surface area contributed by atoms with Crippen LogP contribution in [0.1, 0.15) is 0 Å². The van der Waals surface area contributed by atoms with Crippen LogP contribution in [0.3, 0.4) is 0 Å². The Hall–Kier alpha value is 0.730. The van der Waals surface area contributed by atoms with Crippen LogP contribution in [0.4, 0.5) is 4.39 Å². The molecule has 0 saturated carbocycles. The third-order valence-electron chi connectivity index (χ3n) is 0.864. The molecular formula is C4H2BrClFIN2S. The van der Waals surface area contributed by atoms with Crippen LogP contribution in [0, 0.1) is 14.3 Å². The summed E-state index contributed by atoms with van der Waals surface area (Å²) in [5.74, 6) is -0.435. The minimum atomic E-state index is -2.01. The van der Waals surface area contributed by atoms with Crippen LogP contribution in [-0.2, 0) is 0 Å². The number of H-pyrrole nitrogens is 1. The third kappa shape index (κ3) is 2.60. The number of aromatic amines is 1. The van der Waals surface area contributed by atoms with E-state index in [1.54, 1.807) is 0 Å². The van der Waals surface area contributed by atoms with Crippen molar-refractivity contribution in [2.75, 3.05) is 0 Å². The van der Waals surface area contributed by atoms with E-state index in [1.165, 1.54) is 0 Å². The Morgan fingerprint density at radius 1 is 1.82 bits per heavy atom. The molecule has 1 aromatic heterocycles. The number of rotatable bonds is 1. The van der Waals surface area contributed by atoms with Crippen molar-refractivity contribution in [1.29, 1.82) is 0 Å². The normalized spacial score (nSPS) is 11.4. The number of halogens is 4. The van der Waals surface area contributed by atoms with Gasteiger partial charge in [0.15, 0.2) is 0 Å². The summed E-state index contributed by atoms with van der Waals surface area (Å²) < 4.78 is 13.4. The molecule has 0 aliphatic heterocycles. The van der Waals surface area contributed by atoms with Crippen molar-refractivity contribution in [1.82, 2.24) is 9.97 Å². The number of nitrogens with one attached hydrogen (secondary N) is 1. The second-order valence-electron chi connectivity index (χ2n) is 1.55. The fraction of sp³-hybridized carbons (Fsp3) is 0. The molecule has 0 aliphatic carbocycles. The van der Waals surface area contributed by atoms with Gasteiger partial charge in [-0.15, -0.1) is 0 Å². The molecule has 1 N–H and O–H groups in total. The Balaban J connectivity index is 3.23. The SMILES string of the molecule is Fc1cnc(=S)[nH]c1I(Cl)Br. The standard InChI is InChI=1S/C4H2BrClFIN2S/c5-8(6)3-2(7)1-9-4(11)10-3/h1H,(H,9,10,11). The van der Waals surface area contributed by atoms with Crippen LogP contribution in [0.2, 0.25) is 0 Å². The third-order valence-corrected chi connectivity index (χ3v) is 5.64. The summed E-state index contributed by atoms with van der Waals surface area (Å²) in [7, 11) is 5.71. The molecule has 1 rings (SSSR count). The first-order valence-corrected chi connectivity index (χ1v) is 11.4. The first kappa shape index (κ1) is 9.82. The fourth-order valence-electron chi connectivity index (χ4n) is 0.462. The van der Waals surface area contributed by atoms with Gasteiger partial charge in [0, 0.05) is 0 Å². The van der Waals surface area contributed by atoms with E-state index in [-0.39, 0.29) is 4.77 Å². The number of hydrogen-bond donors (Lipinski definition) is 1. The molecule has 1 heterocycles. The molecule has 0 saturated heterocycles. The van der Waals surface area contributed by atoms with Crippen LogP contribution in [0.25, 0.3) is 0 Å². The van der Waals surface area contributed by atoms with Gasteiger partial charge >= 0.3 is 85.1 Å². The monoisotopic (exact) mass is 370 g/mol. The van der Waals surface area contributed by atoms with Crippen LogP contribution in [-0.4, -0.2) is 9.97 Å². The topological polar surface area (TPSA) is 28.7 Å². The average Bonchev–Trinajstić information content (AvgIpc) is 1.94. The summed E-state index contributed by atoms with van der Waals surface area (Å²) >= 11 is 5.83. The molecule has 62 valence electrons. The van der Waals surface area contributed by atoms with Crippen LogP contribution in [0.15, 0.2) is 6.20 Å². The van der Waals surface area contributed by atoms with E-state index >= 15 is 0 Å². The molecule has 1 aromatic rings. The van der Waals surface area contributed by atoms with E-state index in [9.17, 15) is 4.39 Å². The minimum absolute atomic E-state index is 0.254. The fourth-order valence-corrected chi connectivity index (χ4v) is 3.95. The van der Waals surface area contributed by atoms with Crippen molar-refractivity contribution in [3.63, 3.8) is 0 Å². The molecule has 2 nitrogen and oxygen atoms in total. The second kappa shape index (κ2) is 4.11. The molecule has 0 radical (unpaired) electrons. The Morgan fingerprint density at radius 2 is 2.45 bits per heavy atom. The molecule has 0 fully saturated rings. The molecule has 0 bridgehead atoms. The predicted octanol–water partition coefficient (Wildman–Crippen LogP) is 3.42. The van der Waals surface area contributed by atoms with Crippen molar-refractivity contribution in [3.8, 4) is 0 Å². The second-order valence-corrected chi connectivity index (χ2v) is 12.4. The number of nitrogens with zero attached hydrogens (tertiary/aromatic N) is 1. The molecule has 0 aromatic carbocycles. The summed E-state index contributed by atoms with van der Waals surface area (Å²) in [4.78, 5) is 6.15. The van der Waals surface area contributed by atoms with E-state index in [0.717, 1.165) is 6.20 Å². The zero-order chi connectivity index (χ0) is 8.43. The molecule has 11 heavy (non-hydrogen) atoms. The Morgan fingerprint density at radius 3 is 2.91 bits per heavy atom. The van der Waals surface area contributed by atoms with Gasteiger partial charge in [-0.2, -0.15) is 0 Å². The zero-order valence-electron chi connectivity index (χ0n) is 4.94. The van der Waals surface area contributed by atoms with E-state index < -0.39 is 22.3 Å². The van der Waals surface area contributed by atoms with Crippen LogP contribution < -0.4 is 0 Å². The van der Waals surface area contributed by atoms with Gasteiger partial charge in [-0.05, 0) is 0 Å². The first-order chi connectivity index (χ1) is 5.11. The number of aromatic nitrogens is 2. The van der Waals surface area contributed by atoms with Gasteiger partial charge in [0.1, 0.15) is 0 Å². The Bertz CT molecular complexity index is 317. The van der Waals surface area contributed by atoms with Gasteiger partial charge in [0.25, 0.3) is 0 Å². The quantitative estimate of drug-likeness (QED) is 0.466. The van der Waals surface area contributed by atoms with Gasteiger partial charge in [0.05, 0.1) is 0 Å². The molecular weight excluding hydrogens is 369 g/mol. The maximum absolute atomic E-state index is 12.8. The molecule has 0 aliphatic rings. The predicted molar refractivity (Wildman–Crippen MR) is 56.9 cm³/mol. The van der Waals surface area contributed by atoms with E-state index in [1.807, 2.05) is 0 Å². The molecule has 0 amide bonds. The molecule has 0 unspecified atom stereocenters. The number of hydrogen-bond acceptors (Lipinski definition) is 2. The summed E-state index contributed by atoms with van der Waals surface area (Å²) in [6, 6.07) is 0. The molecule has 0 atom stereocenters. The van der Waals surface area contributed by atoms with Gasteiger partial charge < -0.3 is 0 Å². The van der Waals surface area contributed by atoms with Gasteiger partial charge in [-0.25, -0.2) is 0 Å². The molecule has 0 spiro atoms. The van der Waals surface area contributed by atoms with Crippen molar-refractivity contribution < 1.29 is 4.39 Å². The van der Waals surface area contributed by atoms with Crippen molar-refractivity contribution in [3.05, 3.63) is 20.5 Å². The van der Waals surface area contributed by atoms with E-state index in [0.29, 0.717) is 3.70 Å². The van der Waals surface area contributed by atoms with Gasteiger partial charge in [-0.3, -0.25) is 0 Å². The summed E-state index contributed by atoms with van der Waals surface area (Å²) in [5, 5.41) is 0. The summed E-state index contributed by atoms with van der Waals surface area (Å²) in [6.45, 7) is 0.